The summed E-state index contributed by atoms with van der Waals surface area (Å²) in [5, 5.41) is 7.24. The minimum Gasteiger partial charge on any atom is -0.350 e. The molecule has 3 rings (SSSR count). The normalized spacial score (nSPS) is 20.8. The van der Waals surface area contributed by atoms with E-state index in [2.05, 4.69) is 15.4 Å². The number of aromatic nitrogens is 4. The molecule has 134 valence electrons. The van der Waals surface area contributed by atoms with E-state index in [4.69, 9.17) is 0 Å². The third-order valence-electron chi connectivity index (χ3n) is 4.81. The Kier molecular flexibility index (Phi) is 4.87. The minimum absolute atomic E-state index is 0.0632. The maximum atomic E-state index is 12.4. The molecule has 0 spiro atoms. The van der Waals surface area contributed by atoms with Crippen molar-refractivity contribution in [3.05, 3.63) is 36.2 Å². The van der Waals surface area contributed by atoms with E-state index in [9.17, 15) is 9.59 Å². The number of nitrogens with zero attached hydrogens (tertiary/aromatic N) is 5. The highest BCUT2D eigenvalue weighted by Crippen LogP contribution is 2.36. The summed E-state index contributed by atoms with van der Waals surface area (Å²) in [6.07, 6.45) is 8.17. The quantitative estimate of drug-likeness (QED) is 0.873. The number of amides is 2. The molecule has 0 radical (unpaired) electrons. The molecule has 1 saturated heterocycles. The smallest absolute Gasteiger partial charge is 0.269 e. The predicted molar refractivity (Wildman–Crippen MR) is 91.6 cm³/mol. The number of rotatable bonds is 5. The summed E-state index contributed by atoms with van der Waals surface area (Å²) in [6, 6.07) is -0.0632. The number of hydrogen-bond acceptors (Lipinski definition) is 4. The molecule has 25 heavy (non-hydrogen) atoms. The van der Waals surface area contributed by atoms with Gasteiger partial charge in [0.05, 0.1) is 24.8 Å². The van der Waals surface area contributed by atoms with Crippen molar-refractivity contribution in [2.45, 2.75) is 25.8 Å². The van der Waals surface area contributed by atoms with Crippen molar-refractivity contribution < 1.29 is 9.59 Å². The molecule has 0 bridgehead atoms. The molecule has 2 amide bonds. The molecule has 8 heteroatoms. The molecule has 0 saturated carbocycles. The average molecular weight is 344 g/mol. The second kappa shape index (κ2) is 7.08. The first-order chi connectivity index (χ1) is 12.0. The Morgan fingerprint density at radius 3 is 2.76 bits per heavy atom. The van der Waals surface area contributed by atoms with E-state index >= 15 is 0 Å². The zero-order valence-electron chi connectivity index (χ0n) is 14.8. The lowest BCUT2D eigenvalue weighted by atomic mass is 9.85. The van der Waals surface area contributed by atoms with Gasteiger partial charge in [0.1, 0.15) is 5.69 Å². The first kappa shape index (κ1) is 17.2. The van der Waals surface area contributed by atoms with Crippen LogP contribution in [0, 0.1) is 5.92 Å². The monoisotopic (exact) mass is 344 g/mol. The lowest BCUT2D eigenvalue weighted by Crippen LogP contribution is -2.46. The summed E-state index contributed by atoms with van der Waals surface area (Å²) in [4.78, 5) is 30.6. The highest BCUT2D eigenvalue weighted by molar-refractivity contribution is 5.92. The molecular formula is C17H24N6O2. The van der Waals surface area contributed by atoms with Gasteiger partial charge in [-0.2, -0.15) is 5.10 Å². The van der Waals surface area contributed by atoms with E-state index in [1.807, 2.05) is 31.3 Å². The maximum Gasteiger partial charge on any atom is 0.269 e. The van der Waals surface area contributed by atoms with Gasteiger partial charge in [0.25, 0.3) is 5.91 Å². The van der Waals surface area contributed by atoms with Crippen molar-refractivity contribution in [2.75, 3.05) is 13.1 Å². The molecule has 1 aliphatic heterocycles. The Morgan fingerprint density at radius 2 is 2.16 bits per heavy atom. The van der Waals surface area contributed by atoms with Crippen LogP contribution in [0.5, 0.6) is 0 Å². The van der Waals surface area contributed by atoms with Crippen LogP contribution in [-0.2, 0) is 18.9 Å². The summed E-state index contributed by atoms with van der Waals surface area (Å²) >= 11 is 0. The van der Waals surface area contributed by atoms with Gasteiger partial charge in [0.2, 0.25) is 5.91 Å². The first-order valence-corrected chi connectivity index (χ1v) is 8.53. The number of likely N-dealkylation sites (tertiary alicyclic amines) is 1. The van der Waals surface area contributed by atoms with Gasteiger partial charge in [0, 0.05) is 51.3 Å². The van der Waals surface area contributed by atoms with Gasteiger partial charge in [0.15, 0.2) is 0 Å². The second-order valence-corrected chi connectivity index (χ2v) is 6.47. The fraction of sp³-hybridized carbons (Fsp3) is 0.529. The molecular weight excluding hydrogens is 320 g/mol. The van der Waals surface area contributed by atoms with E-state index in [0.717, 1.165) is 12.0 Å². The fourth-order valence-corrected chi connectivity index (χ4v) is 3.54. The molecule has 0 aromatic carbocycles. The number of carbonyl (C=O) groups is 2. The fourth-order valence-electron chi connectivity index (χ4n) is 3.54. The maximum absolute atomic E-state index is 12.4. The van der Waals surface area contributed by atoms with Crippen LogP contribution in [-0.4, -0.2) is 49.1 Å². The molecule has 3 heterocycles. The van der Waals surface area contributed by atoms with Crippen LogP contribution >= 0.6 is 0 Å². The molecule has 8 nitrogen and oxygen atoms in total. The zero-order valence-corrected chi connectivity index (χ0v) is 14.8. The van der Waals surface area contributed by atoms with E-state index < -0.39 is 0 Å². The van der Waals surface area contributed by atoms with Crippen molar-refractivity contribution in [3.63, 3.8) is 0 Å². The minimum atomic E-state index is -0.148. The number of imidazole rings is 1. The molecule has 2 atom stereocenters. The Balaban J connectivity index is 1.77. The Bertz CT molecular complexity index is 765. The summed E-state index contributed by atoms with van der Waals surface area (Å²) in [7, 11) is 3.65. The molecule has 2 aromatic rings. The van der Waals surface area contributed by atoms with Crippen LogP contribution in [0.3, 0.4) is 0 Å². The van der Waals surface area contributed by atoms with E-state index in [1.165, 1.54) is 0 Å². The number of nitrogens with one attached hydrogen (secondary N) is 1. The van der Waals surface area contributed by atoms with Gasteiger partial charge < -0.3 is 14.8 Å². The van der Waals surface area contributed by atoms with Crippen LogP contribution in [0.1, 0.15) is 41.9 Å². The largest absolute Gasteiger partial charge is 0.350 e. The van der Waals surface area contributed by atoms with Crippen molar-refractivity contribution >= 4 is 11.8 Å². The molecule has 2 aromatic heterocycles. The number of piperidine rings is 1. The van der Waals surface area contributed by atoms with Crippen molar-refractivity contribution in [2.24, 2.45) is 20.0 Å². The molecule has 1 fully saturated rings. The van der Waals surface area contributed by atoms with Crippen LogP contribution < -0.4 is 5.32 Å². The first-order valence-electron chi connectivity index (χ1n) is 8.53. The number of aryl methyl sites for hydroxylation is 2. The standard InChI is InChI=1S/C17H24N6O2/c1-4-23-15(24)6-5-12(16(23)13-8-20-22(3)10-13)7-19-17(25)14-9-18-11-21(14)2/h8-12,16H,4-7H2,1-3H3,(H,19,25)/t12-,16+/m1/s1. The molecule has 1 aliphatic rings. The third kappa shape index (κ3) is 3.42. The van der Waals surface area contributed by atoms with Gasteiger partial charge in [-0.3, -0.25) is 14.3 Å². The Hall–Kier alpha value is -2.64. The summed E-state index contributed by atoms with van der Waals surface area (Å²) in [6.45, 7) is 3.13. The molecule has 0 aliphatic carbocycles. The van der Waals surface area contributed by atoms with Crippen molar-refractivity contribution in [3.8, 4) is 0 Å². The summed E-state index contributed by atoms with van der Waals surface area (Å²) < 4.78 is 3.43. The van der Waals surface area contributed by atoms with Gasteiger partial charge in [-0.1, -0.05) is 0 Å². The molecule has 0 unspecified atom stereocenters. The van der Waals surface area contributed by atoms with E-state index in [1.54, 1.807) is 28.8 Å². The van der Waals surface area contributed by atoms with Gasteiger partial charge in [-0.25, -0.2) is 4.98 Å². The second-order valence-electron chi connectivity index (χ2n) is 6.47. The van der Waals surface area contributed by atoms with Gasteiger partial charge in [-0.05, 0) is 13.3 Å². The highest BCUT2D eigenvalue weighted by atomic mass is 16.2. The lowest BCUT2D eigenvalue weighted by molar-refractivity contribution is -0.138. The van der Waals surface area contributed by atoms with Gasteiger partial charge >= 0.3 is 0 Å². The van der Waals surface area contributed by atoms with Gasteiger partial charge in [-0.15, -0.1) is 0 Å². The molecule has 1 N–H and O–H groups in total. The number of carbonyl (C=O) groups excluding carboxylic acids is 2. The van der Waals surface area contributed by atoms with Crippen molar-refractivity contribution in [1.29, 1.82) is 0 Å². The van der Waals surface area contributed by atoms with Crippen LogP contribution in [0.25, 0.3) is 0 Å². The Labute approximate surface area is 146 Å². The topological polar surface area (TPSA) is 85.1 Å². The SMILES string of the molecule is CCN1C(=O)CC[C@H](CNC(=O)c2cncn2C)[C@H]1c1cnn(C)c1. The van der Waals surface area contributed by atoms with E-state index in [-0.39, 0.29) is 23.8 Å². The zero-order chi connectivity index (χ0) is 18.0. The van der Waals surface area contributed by atoms with Crippen LogP contribution in [0.2, 0.25) is 0 Å². The average Bonchev–Trinajstić information content (AvgIpc) is 3.21. The predicted octanol–water partition coefficient (Wildman–Crippen LogP) is 0.883. The highest BCUT2D eigenvalue weighted by Gasteiger charge is 2.36. The Morgan fingerprint density at radius 1 is 1.36 bits per heavy atom. The van der Waals surface area contributed by atoms with Crippen LogP contribution in [0.15, 0.2) is 24.9 Å². The summed E-state index contributed by atoms with van der Waals surface area (Å²) in [5.41, 5.74) is 1.54. The van der Waals surface area contributed by atoms with E-state index in [0.29, 0.717) is 25.2 Å². The lowest BCUT2D eigenvalue weighted by Gasteiger charge is -2.40. The number of hydrogen-bond donors (Lipinski definition) is 1. The van der Waals surface area contributed by atoms with Crippen molar-refractivity contribution in [1.82, 2.24) is 29.5 Å². The summed E-state index contributed by atoms with van der Waals surface area (Å²) in [5.74, 6) is 0.162. The van der Waals surface area contributed by atoms with Crippen LogP contribution in [0.4, 0.5) is 0 Å². The third-order valence-corrected chi connectivity index (χ3v) is 4.81.